The van der Waals surface area contributed by atoms with Crippen molar-refractivity contribution in [2.75, 3.05) is 19.5 Å². The summed E-state index contributed by atoms with van der Waals surface area (Å²) in [7, 11) is -1.13. The van der Waals surface area contributed by atoms with Crippen LogP contribution in [0, 0.1) is 5.92 Å². The van der Waals surface area contributed by atoms with Crippen LogP contribution in [0.2, 0.25) is 0 Å². The molecule has 0 saturated heterocycles. The third kappa shape index (κ3) is 5.62. The fourth-order valence-corrected chi connectivity index (χ4v) is 4.53. The van der Waals surface area contributed by atoms with E-state index in [1.54, 1.807) is 0 Å². The van der Waals surface area contributed by atoms with Crippen LogP contribution < -0.4 is 20.1 Å². The Labute approximate surface area is 182 Å². The molecule has 2 aromatic rings. The summed E-state index contributed by atoms with van der Waals surface area (Å²) in [6.45, 7) is 0.228. The predicted octanol–water partition coefficient (Wildman–Crippen LogP) is 2.66. The van der Waals surface area contributed by atoms with Crippen LogP contribution in [0.15, 0.2) is 47.4 Å². The minimum Gasteiger partial charge on any atom is -0.495 e. The molecule has 2 amide bonds. The quantitative estimate of drug-likeness (QED) is 0.578. The SMILES string of the molecule is CNS(=O)(=O)c1cc(C(=O)NCc2cccc(NC(=O)C3CCCC3)c2)ccc1OC. The molecule has 3 rings (SSSR count). The summed E-state index contributed by atoms with van der Waals surface area (Å²) in [6, 6.07) is 11.5. The minimum atomic E-state index is -3.78. The van der Waals surface area contributed by atoms with E-state index in [4.69, 9.17) is 4.74 Å². The Kier molecular flexibility index (Phi) is 7.29. The molecule has 3 N–H and O–H groups in total. The number of nitrogens with one attached hydrogen (secondary N) is 3. The van der Waals surface area contributed by atoms with Crippen LogP contribution in [0.4, 0.5) is 5.69 Å². The van der Waals surface area contributed by atoms with Gasteiger partial charge in [-0.25, -0.2) is 13.1 Å². The standard InChI is InChI=1S/C22H27N3O5S/c1-23-31(28,29)20-13-17(10-11-19(20)30-2)21(26)24-14-15-6-5-9-18(12-15)25-22(27)16-7-3-4-8-16/h5-6,9-13,16,23H,3-4,7-8,14H2,1-2H3,(H,24,26)(H,25,27). The largest absolute Gasteiger partial charge is 0.495 e. The zero-order chi connectivity index (χ0) is 22.4. The van der Waals surface area contributed by atoms with Gasteiger partial charge in [-0.1, -0.05) is 25.0 Å². The Morgan fingerprint density at radius 3 is 2.52 bits per heavy atom. The van der Waals surface area contributed by atoms with Crippen molar-refractivity contribution in [1.82, 2.24) is 10.0 Å². The van der Waals surface area contributed by atoms with Gasteiger partial charge < -0.3 is 15.4 Å². The van der Waals surface area contributed by atoms with Gasteiger partial charge in [-0.15, -0.1) is 0 Å². The molecule has 1 fully saturated rings. The van der Waals surface area contributed by atoms with E-state index in [0.29, 0.717) is 5.69 Å². The van der Waals surface area contributed by atoms with Crippen LogP contribution in [0.25, 0.3) is 0 Å². The van der Waals surface area contributed by atoms with Crippen LogP contribution in [0.5, 0.6) is 5.75 Å². The molecule has 1 aliphatic carbocycles. The normalized spacial score (nSPS) is 14.3. The Bertz CT molecular complexity index is 1060. The first-order chi connectivity index (χ1) is 14.8. The van der Waals surface area contributed by atoms with Crippen LogP contribution in [-0.2, 0) is 21.4 Å². The molecular formula is C22H27N3O5S. The molecule has 2 aromatic carbocycles. The number of ether oxygens (including phenoxy) is 1. The van der Waals surface area contributed by atoms with Crippen molar-refractivity contribution in [3.8, 4) is 5.75 Å². The Morgan fingerprint density at radius 2 is 1.84 bits per heavy atom. The Balaban J connectivity index is 1.67. The second-order valence-electron chi connectivity index (χ2n) is 7.43. The van der Waals surface area contributed by atoms with Gasteiger partial charge in [-0.3, -0.25) is 9.59 Å². The number of carbonyl (C=O) groups excluding carboxylic acids is 2. The van der Waals surface area contributed by atoms with Crippen LogP contribution in [0.1, 0.15) is 41.6 Å². The van der Waals surface area contributed by atoms with Gasteiger partial charge in [0, 0.05) is 23.7 Å². The van der Waals surface area contributed by atoms with E-state index < -0.39 is 15.9 Å². The number of hydrogen-bond acceptors (Lipinski definition) is 5. The fraction of sp³-hybridized carbons (Fsp3) is 0.364. The van der Waals surface area contributed by atoms with Crippen molar-refractivity contribution in [3.63, 3.8) is 0 Å². The number of methoxy groups -OCH3 is 1. The molecule has 1 aliphatic rings. The van der Waals surface area contributed by atoms with E-state index in [9.17, 15) is 18.0 Å². The van der Waals surface area contributed by atoms with Gasteiger partial charge in [0.1, 0.15) is 10.6 Å². The third-order valence-electron chi connectivity index (χ3n) is 5.36. The molecule has 0 radical (unpaired) electrons. The topological polar surface area (TPSA) is 114 Å². The fourth-order valence-electron chi connectivity index (χ4n) is 3.61. The highest BCUT2D eigenvalue weighted by molar-refractivity contribution is 7.89. The second kappa shape index (κ2) is 9.93. The van der Waals surface area contributed by atoms with Crippen molar-refractivity contribution >= 4 is 27.5 Å². The van der Waals surface area contributed by atoms with Gasteiger partial charge >= 0.3 is 0 Å². The second-order valence-corrected chi connectivity index (χ2v) is 9.28. The molecule has 9 heteroatoms. The lowest BCUT2D eigenvalue weighted by Gasteiger charge is -2.13. The molecule has 166 valence electrons. The molecule has 8 nitrogen and oxygen atoms in total. The lowest BCUT2D eigenvalue weighted by atomic mass is 10.1. The molecule has 0 spiro atoms. The molecule has 0 unspecified atom stereocenters. The van der Waals surface area contributed by atoms with E-state index in [1.807, 2.05) is 24.3 Å². The summed E-state index contributed by atoms with van der Waals surface area (Å²) in [5.41, 5.74) is 1.70. The maximum absolute atomic E-state index is 12.6. The third-order valence-corrected chi connectivity index (χ3v) is 6.79. The van der Waals surface area contributed by atoms with Crippen LogP contribution in [0.3, 0.4) is 0 Å². The predicted molar refractivity (Wildman–Crippen MR) is 117 cm³/mol. The van der Waals surface area contributed by atoms with Gasteiger partial charge in [-0.2, -0.15) is 0 Å². The van der Waals surface area contributed by atoms with Crippen molar-refractivity contribution < 1.29 is 22.7 Å². The van der Waals surface area contributed by atoms with E-state index in [1.165, 1.54) is 32.4 Å². The lowest BCUT2D eigenvalue weighted by molar-refractivity contribution is -0.119. The molecule has 0 heterocycles. The summed E-state index contributed by atoms with van der Waals surface area (Å²) in [5, 5.41) is 5.72. The van der Waals surface area contributed by atoms with E-state index in [2.05, 4.69) is 15.4 Å². The van der Waals surface area contributed by atoms with Crippen LogP contribution >= 0.6 is 0 Å². The highest BCUT2D eigenvalue weighted by Crippen LogP contribution is 2.26. The van der Waals surface area contributed by atoms with Crippen LogP contribution in [-0.4, -0.2) is 34.4 Å². The number of benzene rings is 2. The number of hydrogen-bond donors (Lipinski definition) is 3. The first kappa shape index (κ1) is 22.8. The highest BCUT2D eigenvalue weighted by Gasteiger charge is 2.23. The van der Waals surface area contributed by atoms with Crippen molar-refractivity contribution in [1.29, 1.82) is 0 Å². The molecule has 0 aromatic heterocycles. The number of carbonyl (C=O) groups is 2. The summed E-state index contributed by atoms with van der Waals surface area (Å²) in [5.74, 6) is -0.163. The zero-order valence-corrected chi connectivity index (χ0v) is 18.4. The molecule has 0 bridgehead atoms. The van der Waals surface area contributed by atoms with Crippen molar-refractivity contribution in [3.05, 3.63) is 53.6 Å². The first-order valence-corrected chi connectivity index (χ1v) is 11.6. The average molecular weight is 446 g/mol. The number of sulfonamides is 1. The summed E-state index contributed by atoms with van der Waals surface area (Å²) < 4.78 is 31.7. The maximum Gasteiger partial charge on any atom is 0.251 e. The smallest absolute Gasteiger partial charge is 0.251 e. The van der Waals surface area contributed by atoms with Gasteiger partial charge in [0.05, 0.1) is 7.11 Å². The monoisotopic (exact) mass is 445 g/mol. The summed E-state index contributed by atoms with van der Waals surface area (Å²) >= 11 is 0. The molecule has 0 aliphatic heterocycles. The summed E-state index contributed by atoms with van der Waals surface area (Å²) in [4.78, 5) is 24.8. The van der Waals surface area contributed by atoms with Crippen molar-refractivity contribution in [2.45, 2.75) is 37.1 Å². The number of amides is 2. The molecule has 31 heavy (non-hydrogen) atoms. The van der Waals surface area contributed by atoms with Gasteiger partial charge in [0.15, 0.2) is 0 Å². The molecule has 1 saturated carbocycles. The van der Waals surface area contributed by atoms with Gasteiger partial charge in [0.25, 0.3) is 5.91 Å². The van der Waals surface area contributed by atoms with E-state index in [-0.39, 0.29) is 34.6 Å². The number of anilines is 1. The Morgan fingerprint density at radius 1 is 1.10 bits per heavy atom. The summed E-state index contributed by atoms with van der Waals surface area (Å²) in [6.07, 6.45) is 4.03. The van der Waals surface area contributed by atoms with Crippen molar-refractivity contribution in [2.24, 2.45) is 5.92 Å². The highest BCUT2D eigenvalue weighted by atomic mass is 32.2. The molecule has 0 atom stereocenters. The Hall–Kier alpha value is -2.91. The maximum atomic E-state index is 12.6. The lowest BCUT2D eigenvalue weighted by Crippen LogP contribution is -2.24. The average Bonchev–Trinajstić information content (AvgIpc) is 3.32. The molecular weight excluding hydrogens is 418 g/mol. The van der Waals surface area contributed by atoms with Gasteiger partial charge in [0.2, 0.25) is 15.9 Å². The minimum absolute atomic E-state index is 0.0372. The first-order valence-electron chi connectivity index (χ1n) is 10.1. The van der Waals surface area contributed by atoms with E-state index >= 15 is 0 Å². The number of rotatable bonds is 8. The van der Waals surface area contributed by atoms with E-state index in [0.717, 1.165) is 31.2 Å². The van der Waals surface area contributed by atoms with Gasteiger partial charge in [-0.05, 0) is 55.8 Å². The zero-order valence-electron chi connectivity index (χ0n) is 17.6.